The molecule has 4 rings (SSSR count). The van der Waals surface area contributed by atoms with Gasteiger partial charge in [0, 0.05) is 17.1 Å². The molecule has 2 aliphatic heterocycles. The molecular formula is C22H23N5O3S2. The van der Waals surface area contributed by atoms with E-state index in [9.17, 15) is 13.2 Å². The van der Waals surface area contributed by atoms with Gasteiger partial charge in [0.2, 0.25) is 20.2 Å². The van der Waals surface area contributed by atoms with Crippen molar-refractivity contribution in [1.29, 1.82) is 5.41 Å². The molecule has 32 heavy (non-hydrogen) atoms. The number of carbonyl (C=O) groups excluding carboxylic acids is 1. The van der Waals surface area contributed by atoms with E-state index >= 15 is 0 Å². The van der Waals surface area contributed by atoms with Crippen molar-refractivity contribution < 1.29 is 13.2 Å². The van der Waals surface area contributed by atoms with Gasteiger partial charge in [-0.15, -0.1) is 0 Å². The van der Waals surface area contributed by atoms with Gasteiger partial charge in [-0.3, -0.25) is 10.2 Å². The SMILES string of the molecule is CCS(=O)(=O)C1=NSC2=NC(=O)/C(=C\c3cc(C)n(-c4cc(C)ccc4C)c3C)C(=N)N21. The molecule has 0 unspecified atom stereocenters. The predicted molar refractivity (Wildman–Crippen MR) is 129 cm³/mol. The van der Waals surface area contributed by atoms with E-state index in [4.69, 9.17) is 5.41 Å². The summed E-state index contributed by atoms with van der Waals surface area (Å²) < 4.78 is 30.9. The third kappa shape index (κ3) is 3.53. The van der Waals surface area contributed by atoms with Gasteiger partial charge in [0.15, 0.2) is 0 Å². The maximum absolute atomic E-state index is 12.7. The number of rotatable bonds is 3. The highest BCUT2D eigenvalue weighted by Gasteiger charge is 2.42. The number of nitrogens with one attached hydrogen (secondary N) is 1. The second kappa shape index (κ2) is 7.86. The van der Waals surface area contributed by atoms with Gasteiger partial charge in [0.25, 0.3) is 5.91 Å². The molecule has 8 nitrogen and oxygen atoms in total. The molecule has 0 bridgehead atoms. The van der Waals surface area contributed by atoms with E-state index in [1.165, 1.54) is 6.92 Å². The van der Waals surface area contributed by atoms with Gasteiger partial charge in [0.1, 0.15) is 5.84 Å². The van der Waals surface area contributed by atoms with Gasteiger partial charge in [-0.1, -0.05) is 19.1 Å². The van der Waals surface area contributed by atoms with Crippen LogP contribution in [0.15, 0.2) is 39.2 Å². The van der Waals surface area contributed by atoms with Crippen molar-refractivity contribution in [2.45, 2.75) is 34.6 Å². The van der Waals surface area contributed by atoms with E-state index in [1.54, 1.807) is 6.08 Å². The lowest BCUT2D eigenvalue weighted by Crippen LogP contribution is -2.45. The Morgan fingerprint density at radius 3 is 2.56 bits per heavy atom. The lowest BCUT2D eigenvalue weighted by atomic mass is 10.1. The molecule has 166 valence electrons. The van der Waals surface area contributed by atoms with E-state index in [1.807, 2.05) is 33.8 Å². The fourth-order valence-electron chi connectivity index (χ4n) is 3.75. The Morgan fingerprint density at radius 1 is 1.16 bits per heavy atom. The van der Waals surface area contributed by atoms with Gasteiger partial charge in [-0.2, -0.15) is 9.39 Å². The second-order valence-corrected chi connectivity index (χ2v) is 10.7. The number of benzene rings is 1. The van der Waals surface area contributed by atoms with Crippen molar-refractivity contribution in [3.63, 3.8) is 0 Å². The number of nitrogens with zero attached hydrogens (tertiary/aromatic N) is 4. The fraction of sp³-hybridized carbons (Fsp3) is 0.273. The van der Waals surface area contributed by atoms with Gasteiger partial charge in [-0.25, -0.2) is 13.3 Å². The van der Waals surface area contributed by atoms with Crippen LogP contribution in [0.4, 0.5) is 0 Å². The minimum absolute atomic E-state index is 0.0245. The van der Waals surface area contributed by atoms with Crippen LogP contribution in [-0.2, 0) is 14.6 Å². The first-order chi connectivity index (χ1) is 15.0. The average Bonchev–Trinajstić information content (AvgIpc) is 3.28. The maximum atomic E-state index is 12.7. The highest BCUT2D eigenvalue weighted by atomic mass is 32.2. The first-order valence-electron chi connectivity index (χ1n) is 10.0. The molecule has 0 aliphatic carbocycles. The number of amidine groups is 3. The van der Waals surface area contributed by atoms with Crippen LogP contribution in [0.3, 0.4) is 0 Å². The summed E-state index contributed by atoms with van der Waals surface area (Å²) in [7, 11) is -3.68. The topological polar surface area (TPSA) is 108 Å². The highest BCUT2D eigenvalue weighted by Crippen LogP contribution is 2.31. The molecule has 0 fully saturated rings. The van der Waals surface area contributed by atoms with Gasteiger partial charge in [0.05, 0.1) is 23.3 Å². The van der Waals surface area contributed by atoms with Crippen LogP contribution >= 0.6 is 11.9 Å². The van der Waals surface area contributed by atoms with E-state index in [0.29, 0.717) is 0 Å². The number of aliphatic imine (C=N–C) groups is 1. The molecule has 1 aromatic heterocycles. The number of carbonyl (C=O) groups is 1. The first-order valence-corrected chi connectivity index (χ1v) is 12.5. The number of sulfone groups is 1. The summed E-state index contributed by atoms with van der Waals surface area (Å²) in [6.07, 6.45) is 1.61. The molecule has 0 spiro atoms. The quantitative estimate of drug-likeness (QED) is 0.544. The predicted octanol–water partition coefficient (Wildman–Crippen LogP) is 3.72. The van der Waals surface area contributed by atoms with Crippen LogP contribution in [0.25, 0.3) is 11.8 Å². The minimum Gasteiger partial charge on any atom is -0.318 e. The Labute approximate surface area is 191 Å². The number of hydrogen-bond acceptors (Lipinski definition) is 6. The maximum Gasteiger partial charge on any atom is 0.283 e. The third-order valence-corrected chi connectivity index (χ3v) is 7.94. The standard InChI is InChI=1S/C22H23N5O3S2/c1-6-32(29,30)22-25-31-21-24-20(28)17(19(23)27(21)22)11-16-10-14(4)26(15(16)5)18-9-12(2)7-8-13(18)3/h7-11,23H,6H2,1-5H3/b17-11-,23-19?. The van der Waals surface area contributed by atoms with Crippen LogP contribution < -0.4 is 0 Å². The number of fused-ring (bicyclic) bond motifs is 1. The first kappa shape index (κ1) is 22.2. The molecule has 2 aliphatic rings. The zero-order valence-corrected chi connectivity index (χ0v) is 20.1. The molecule has 0 radical (unpaired) electrons. The number of aromatic nitrogens is 1. The Morgan fingerprint density at radius 2 is 1.88 bits per heavy atom. The van der Waals surface area contributed by atoms with Crippen molar-refractivity contribution in [3.05, 3.63) is 57.9 Å². The smallest absolute Gasteiger partial charge is 0.283 e. The molecule has 0 atom stereocenters. The largest absolute Gasteiger partial charge is 0.318 e. The van der Waals surface area contributed by atoms with Crippen molar-refractivity contribution in [2.75, 3.05) is 5.75 Å². The van der Waals surface area contributed by atoms with Gasteiger partial charge in [-0.05, 0) is 62.6 Å². The molecular weight excluding hydrogens is 446 g/mol. The summed E-state index contributed by atoms with van der Waals surface area (Å²) in [5, 5.41) is 8.42. The lowest BCUT2D eigenvalue weighted by Gasteiger charge is -2.24. The Bertz CT molecular complexity index is 1380. The number of amides is 1. The summed E-state index contributed by atoms with van der Waals surface area (Å²) in [6.45, 7) is 9.52. The van der Waals surface area contributed by atoms with E-state index in [2.05, 4.69) is 32.2 Å². The molecule has 1 aromatic carbocycles. The van der Waals surface area contributed by atoms with Crippen molar-refractivity contribution in [3.8, 4) is 5.69 Å². The van der Waals surface area contributed by atoms with E-state index < -0.39 is 15.7 Å². The normalized spacial score (nSPS) is 17.7. The lowest BCUT2D eigenvalue weighted by molar-refractivity contribution is -0.114. The van der Waals surface area contributed by atoms with Gasteiger partial charge < -0.3 is 4.57 Å². The van der Waals surface area contributed by atoms with Crippen molar-refractivity contribution >= 4 is 49.9 Å². The minimum atomic E-state index is -3.68. The van der Waals surface area contributed by atoms with Crippen molar-refractivity contribution in [2.24, 2.45) is 9.39 Å². The Balaban J connectivity index is 1.80. The average molecular weight is 470 g/mol. The summed E-state index contributed by atoms with van der Waals surface area (Å²) in [5.74, 6) is -0.985. The number of hydrogen-bond donors (Lipinski definition) is 1. The summed E-state index contributed by atoms with van der Waals surface area (Å²) in [6, 6.07) is 8.18. The van der Waals surface area contributed by atoms with Crippen LogP contribution in [-0.4, -0.2) is 45.7 Å². The molecule has 2 aromatic rings. The molecule has 0 saturated heterocycles. The highest BCUT2D eigenvalue weighted by molar-refractivity contribution is 8.16. The molecule has 1 N–H and O–H groups in total. The molecule has 10 heteroatoms. The molecule has 0 saturated carbocycles. The van der Waals surface area contributed by atoms with Crippen LogP contribution in [0.5, 0.6) is 0 Å². The summed E-state index contributed by atoms with van der Waals surface area (Å²) in [5.41, 5.74) is 5.98. The number of aryl methyl sites for hydroxylation is 3. The molecule has 1 amide bonds. The van der Waals surface area contributed by atoms with Crippen LogP contribution in [0.2, 0.25) is 0 Å². The monoisotopic (exact) mass is 469 g/mol. The zero-order valence-electron chi connectivity index (χ0n) is 18.4. The third-order valence-electron chi connectivity index (χ3n) is 5.53. The molecule has 3 heterocycles. The second-order valence-electron chi connectivity index (χ2n) is 7.76. The van der Waals surface area contributed by atoms with E-state index in [0.717, 1.165) is 50.6 Å². The van der Waals surface area contributed by atoms with Crippen LogP contribution in [0, 0.1) is 33.1 Å². The van der Waals surface area contributed by atoms with Crippen LogP contribution in [0.1, 0.15) is 35.0 Å². The fourth-order valence-corrected chi connectivity index (χ4v) is 5.71. The van der Waals surface area contributed by atoms with Gasteiger partial charge >= 0.3 is 0 Å². The Hall–Kier alpha value is -2.98. The Kier molecular flexibility index (Phi) is 5.46. The summed E-state index contributed by atoms with van der Waals surface area (Å²) in [4.78, 5) is 17.8. The zero-order chi connectivity index (χ0) is 23.4. The summed E-state index contributed by atoms with van der Waals surface area (Å²) >= 11 is 0.794. The van der Waals surface area contributed by atoms with E-state index in [-0.39, 0.29) is 27.5 Å². The van der Waals surface area contributed by atoms with Crippen molar-refractivity contribution in [1.82, 2.24) is 9.47 Å².